The molecule has 0 fully saturated rings. The Labute approximate surface area is 177 Å². The largest absolute Gasteiger partial charge is 0.494 e. The Balaban J connectivity index is 1.68. The van der Waals surface area contributed by atoms with Gasteiger partial charge in [-0.3, -0.25) is 9.52 Å². The van der Waals surface area contributed by atoms with Crippen LogP contribution in [0.4, 0.5) is 11.4 Å². The van der Waals surface area contributed by atoms with Crippen LogP contribution in [-0.2, 0) is 10.0 Å². The van der Waals surface area contributed by atoms with E-state index in [4.69, 9.17) is 4.74 Å². The molecule has 6 nitrogen and oxygen atoms in total. The molecule has 2 N–H and O–H groups in total. The highest BCUT2D eigenvalue weighted by atomic mass is 32.2. The van der Waals surface area contributed by atoms with Crippen molar-refractivity contribution >= 4 is 27.3 Å². The summed E-state index contributed by atoms with van der Waals surface area (Å²) in [4.78, 5) is 12.6. The van der Waals surface area contributed by atoms with E-state index in [0.717, 1.165) is 11.1 Å². The minimum absolute atomic E-state index is 0.127. The lowest BCUT2D eigenvalue weighted by Crippen LogP contribution is -2.14. The topological polar surface area (TPSA) is 84.5 Å². The van der Waals surface area contributed by atoms with Crippen LogP contribution in [0, 0.1) is 13.8 Å². The Bertz CT molecular complexity index is 1140. The van der Waals surface area contributed by atoms with Gasteiger partial charge in [-0.2, -0.15) is 0 Å². The maximum atomic E-state index is 12.6. The Morgan fingerprint density at radius 2 is 1.50 bits per heavy atom. The van der Waals surface area contributed by atoms with Gasteiger partial charge in [0, 0.05) is 16.9 Å². The molecule has 0 saturated carbocycles. The quantitative estimate of drug-likeness (QED) is 0.573. The normalized spacial score (nSPS) is 11.0. The molecule has 7 heteroatoms. The van der Waals surface area contributed by atoms with Gasteiger partial charge in [-0.1, -0.05) is 6.07 Å². The molecule has 0 saturated heterocycles. The zero-order chi connectivity index (χ0) is 21.7. The number of carbonyl (C=O) groups is 1. The van der Waals surface area contributed by atoms with Crippen molar-refractivity contribution in [2.75, 3.05) is 16.6 Å². The van der Waals surface area contributed by atoms with Crippen LogP contribution < -0.4 is 14.8 Å². The minimum Gasteiger partial charge on any atom is -0.494 e. The molecule has 3 aromatic rings. The molecule has 0 heterocycles. The van der Waals surface area contributed by atoms with Crippen molar-refractivity contribution in [3.63, 3.8) is 0 Å². The van der Waals surface area contributed by atoms with Crippen LogP contribution in [0.1, 0.15) is 28.4 Å². The van der Waals surface area contributed by atoms with E-state index in [9.17, 15) is 13.2 Å². The molecule has 1 amide bonds. The molecule has 0 atom stereocenters. The third kappa shape index (κ3) is 5.18. The van der Waals surface area contributed by atoms with E-state index >= 15 is 0 Å². The van der Waals surface area contributed by atoms with Crippen molar-refractivity contribution in [3.05, 3.63) is 83.4 Å². The molecule has 156 valence electrons. The number of carbonyl (C=O) groups excluding carboxylic acids is 1. The second-order valence-corrected chi connectivity index (χ2v) is 8.52. The smallest absolute Gasteiger partial charge is 0.261 e. The second kappa shape index (κ2) is 9.00. The van der Waals surface area contributed by atoms with Crippen LogP contribution in [-0.4, -0.2) is 20.9 Å². The summed E-state index contributed by atoms with van der Waals surface area (Å²) in [5, 5.41) is 2.85. The first-order valence-electron chi connectivity index (χ1n) is 9.53. The number of sulfonamides is 1. The Morgan fingerprint density at radius 1 is 0.867 bits per heavy atom. The monoisotopic (exact) mass is 424 g/mol. The highest BCUT2D eigenvalue weighted by molar-refractivity contribution is 7.92. The highest BCUT2D eigenvalue weighted by Crippen LogP contribution is 2.20. The third-order valence-corrected chi connectivity index (χ3v) is 6.01. The van der Waals surface area contributed by atoms with Crippen molar-refractivity contribution < 1.29 is 17.9 Å². The summed E-state index contributed by atoms with van der Waals surface area (Å²) in [6, 6.07) is 18.2. The van der Waals surface area contributed by atoms with E-state index < -0.39 is 10.0 Å². The number of hydrogen-bond donors (Lipinski definition) is 2. The Morgan fingerprint density at radius 3 is 2.10 bits per heavy atom. The van der Waals surface area contributed by atoms with E-state index in [0.29, 0.717) is 29.3 Å². The van der Waals surface area contributed by atoms with Gasteiger partial charge in [0.05, 0.1) is 11.5 Å². The van der Waals surface area contributed by atoms with Crippen molar-refractivity contribution in [2.45, 2.75) is 25.7 Å². The zero-order valence-electron chi connectivity index (χ0n) is 17.1. The Kier molecular flexibility index (Phi) is 6.42. The molecule has 0 bridgehead atoms. The van der Waals surface area contributed by atoms with Crippen molar-refractivity contribution in [2.24, 2.45) is 0 Å². The lowest BCUT2D eigenvalue weighted by molar-refractivity contribution is 0.102. The summed E-state index contributed by atoms with van der Waals surface area (Å²) in [6.07, 6.45) is 0. The first-order valence-corrected chi connectivity index (χ1v) is 11.0. The molecule has 0 aliphatic rings. The van der Waals surface area contributed by atoms with Crippen molar-refractivity contribution in [1.82, 2.24) is 0 Å². The van der Waals surface area contributed by atoms with Gasteiger partial charge in [0.15, 0.2) is 0 Å². The van der Waals surface area contributed by atoms with Crippen LogP contribution in [0.25, 0.3) is 0 Å². The van der Waals surface area contributed by atoms with E-state index in [1.54, 1.807) is 36.4 Å². The van der Waals surface area contributed by atoms with E-state index in [1.165, 1.54) is 12.1 Å². The summed E-state index contributed by atoms with van der Waals surface area (Å²) in [7, 11) is -3.74. The predicted molar refractivity (Wildman–Crippen MR) is 119 cm³/mol. The third-order valence-electron chi connectivity index (χ3n) is 4.61. The molecule has 0 aromatic heterocycles. The van der Waals surface area contributed by atoms with Gasteiger partial charge < -0.3 is 10.1 Å². The molecule has 0 unspecified atom stereocenters. The standard InChI is InChI=1S/C23H24N2O4S/c1-4-29-21-11-13-22(14-12-21)30(27,28)25-19-9-6-18(7-10-19)23(26)24-20-8-5-16(2)17(3)15-20/h5-15,25H,4H2,1-3H3,(H,24,26). The molecule has 0 spiro atoms. The average Bonchev–Trinajstić information content (AvgIpc) is 2.72. The SMILES string of the molecule is CCOc1ccc(S(=O)(=O)Nc2ccc(C(=O)Nc3ccc(C)c(C)c3)cc2)cc1. The molecular weight excluding hydrogens is 400 g/mol. The number of rotatable bonds is 7. The van der Waals surface area contributed by atoms with Crippen LogP contribution >= 0.6 is 0 Å². The van der Waals surface area contributed by atoms with Gasteiger partial charge in [0.2, 0.25) is 0 Å². The number of anilines is 2. The number of amides is 1. The maximum Gasteiger partial charge on any atom is 0.261 e. The minimum atomic E-state index is -3.74. The fourth-order valence-electron chi connectivity index (χ4n) is 2.81. The summed E-state index contributed by atoms with van der Waals surface area (Å²) in [5.41, 5.74) is 3.75. The molecule has 3 aromatic carbocycles. The summed E-state index contributed by atoms with van der Waals surface area (Å²) in [6.45, 7) is 6.36. The lowest BCUT2D eigenvalue weighted by atomic mass is 10.1. The van der Waals surface area contributed by atoms with Gasteiger partial charge >= 0.3 is 0 Å². The molecule has 0 aliphatic heterocycles. The van der Waals surface area contributed by atoms with Crippen molar-refractivity contribution in [1.29, 1.82) is 0 Å². The molecule has 30 heavy (non-hydrogen) atoms. The van der Waals surface area contributed by atoms with Gasteiger partial charge in [-0.05, 0) is 92.6 Å². The first-order chi connectivity index (χ1) is 14.3. The zero-order valence-corrected chi connectivity index (χ0v) is 17.9. The second-order valence-electron chi connectivity index (χ2n) is 6.84. The van der Waals surface area contributed by atoms with Crippen LogP contribution in [0.15, 0.2) is 71.6 Å². The number of aryl methyl sites for hydroxylation is 2. The number of benzene rings is 3. The predicted octanol–water partition coefficient (Wildman–Crippen LogP) is 4.76. The summed E-state index contributed by atoms with van der Waals surface area (Å²) < 4.78 is 33.0. The molecule has 3 rings (SSSR count). The summed E-state index contributed by atoms with van der Waals surface area (Å²) in [5.74, 6) is 0.342. The van der Waals surface area contributed by atoms with E-state index in [1.807, 2.05) is 39.0 Å². The Hall–Kier alpha value is -3.32. The maximum absolute atomic E-state index is 12.6. The fraction of sp³-hybridized carbons (Fsp3) is 0.174. The molecule has 0 aliphatic carbocycles. The lowest BCUT2D eigenvalue weighted by Gasteiger charge is -2.10. The molecule has 0 radical (unpaired) electrons. The van der Waals surface area contributed by atoms with Crippen LogP contribution in [0.3, 0.4) is 0 Å². The average molecular weight is 425 g/mol. The summed E-state index contributed by atoms with van der Waals surface area (Å²) >= 11 is 0. The van der Waals surface area contributed by atoms with Crippen LogP contribution in [0.2, 0.25) is 0 Å². The van der Waals surface area contributed by atoms with Crippen LogP contribution in [0.5, 0.6) is 5.75 Å². The number of ether oxygens (including phenoxy) is 1. The van der Waals surface area contributed by atoms with E-state index in [-0.39, 0.29) is 10.8 Å². The highest BCUT2D eigenvalue weighted by Gasteiger charge is 2.15. The van der Waals surface area contributed by atoms with Gasteiger partial charge in [-0.15, -0.1) is 0 Å². The van der Waals surface area contributed by atoms with Crippen molar-refractivity contribution in [3.8, 4) is 5.75 Å². The number of nitrogens with one attached hydrogen (secondary N) is 2. The number of hydrogen-bond acceptors (Lipinski definition) is 4. The van der Waals surface area contributed by atoms with Gasteiger partial charge in [0.25, 0.3) is 15.9 Å². The van der Waals surface area contributed by atoms with E-state index in [2.05, 4.69) is 10.0 Å². The fourth-order valence-corrected chi connectivity index (χ4v) is 3.87. The first kappa shape index (κ1) is 21.4. The molecular formula is C23H24N2O4S. The van der Waals surface area contributed by atoms with Gasteiger partial charge in [-0.25, -0.2) is 8.42 Å². The van der Waals surface area contributed by atoms with Gasteiger partial charge in [0.1, 0.15) is 5.75 Å².